The van der Waals surface area contributed by atoms with E-state index in [9.17, 15) is 0 Å². The highest BCUT2D eigenvalue weighted by Crippen LogP contribution is 2.29. The zero-order valence-electron chi connectivity index (χ0n) is 20.1. The van der Waals surface area contributed by atoms with Gasteiger partial charge in [0.05, 0.1) is 0 Å². The third-order valence-electron chi connectivity index (χ3n) is 5.75. The lowest BCUT2D eigenvalue weighted by atomic mass is 10.1. The van der Waals surface area contributed by atoms with E-state index in [-0.39, 0.29) is 6.79 Å². The lowest BCUT2D eigenvalue weighted by molar-refractivity contribution is 0.0519. The molecule has 4 heteroatoms. The highest BCUT2D eigenvalue weighted by atomic mass is 31.1. The summed E-state index contributed by atoms with van der Waals surface area (Å²) < 4.78 is 11.1. The first kappa shape index (κ1) is 24.0. The van der Waals surface area contributed by atoms with Crippen LogP contribution in [0.3, 0.4) is 0 Å². The van der Waals surface area contributed by atoms with Crippen LogP contribution < -0.4 is 20.2 Å². The molecule has 0 spiro atoms. The molecule has 0 heterocycles. The van der Waals surface area contributed by atoms with E-state index in [1.165, 1.54) is 38.6 Å². The molecule has 0 saturated carbocycles. The molecule has 0 amide bonds. The van der Waals surface area contributed by atoms with Gasteiger partial charge >= 0.3 is 0 Å². The van der Waals surface area contributed by atoms with Gasteiger partial charge in [-0.25, -0.2) is 0 Å². The van der Waals surface area contributed by atoms with Crippen molar-refractivity contribution in [2.75, 3.05) is 18.8 Å². The summed E-state index contributed by atoms with van der Waals surface area (Å²) in [6, 6.07) is 34.4. The van der Waals surface area contributed by atoms with Crippen LogP contribution in [0, 0.1) is 13.8 Å². The molecule has 0 aliphatic heterocycles. The van der Waals surface area contributed by atoms with E-state index < -0.39 is 0 Å². The van der Waals surface area contributed by atoms with Gasteiger partial charge in [0.25, 0.3) is 0 Å². The first-order valence-corrected chi connectivity index (χ1v) is 12.6. The summed E-state index contributed by atoms with van der Waals surface area (Å²) >= 11 is 0. The zero-order valence-corrected chi connectivity index (χ0v) is 21.1. The quantitative estimate of drug-likeness (QED) is 0.206. The minimum atomic E-state index is 0.245. The monoisotopic (exact) mass is 469 g/mol. The Bertz CT molecular complexity index is 1150. The maximum atomic E-state index is 5.92. The number of methoxy groups -OCH3 is 1. The summed E-state index contributed by atoms with van der Waals surface area (Å²) in [7, 11) is 2.13. The molecule has 0 bridgehead atoms. The van der Waals surface area contributed by atoms with Crippen molar-refractivity contribution in [1.82, 2.24) is 0 Å². The Morgan fingerprint density at radius 1 is 0.735 bits per heavy atom. The lowest BCUT2D eigenvalue weighted by Crippen LogP contribution is -2.27. The highest BCUT2D eigenvalue weighted by molar-refractivity contribution is 7.56. The minimum absolute atomic E-state index is 0.245. The van der Waals surface area contributed by atoms with Crippen molar-refractivity contribution in [2.45, 2.75) is 26.9 Å². The van der Waals surface area contributed by atoms with Gasteiger partial charge in [0.2, 0.25) is 0 Å². The number of rotatable bonds is 10. The minimum Gasteiger partial charge on any atom is -0.467 e. The number of benzene rings is 4. The van der Waals surface area contributed by atoms with E-state index >= 15 is 0 Å². The summed E-state index contributed by atoms with van der Waals surface area (Å²) in [5.74, 6) is 0.887. The Morgan fingerprint density at radius 2 is 1.38 bits per heavy atom. The van der Waals surface area contributed by atoms with Gasteiger partial charge in [-0.2, -0.15) is 0 Å². The summed E-state index contributed by atoms with van der Waals surface area (Å²) in [6.45, 7) is 6.27. The van der Waals surface area contributed by atoms with Crippen LogP contribution in [0.5, 0.6) is 5.75 Å². The van der Waals surface area contributed by atoms with Crippen LogP contribution in [-0.2, 0) is 17.8 Å². The molecule has 0 aliphatic carbocycles. The predicted octanol–water partition coefficient (Wildman–Crippen LogP) is 6.12. The van der Waals surface area contributed by atoms with Gasteiger partial charge in [0.15, 0.2) is 6.79 Å². The topological polar surface area (TPSA) is 21.7 Å². The van der Waals surface area contributed by atoms with Crippen LogP contribution >= 0.6 is 8.58 Å². The molecule has 0 aliphatic rings. The summed E-state index contributed by atoms with van der Waals surface area (Å²) in [4.78, 5) is 2.49. The van der Waals surface area contributed by atoms with Crippen molar-refractivity contribution in [1.29, 1.82) is 0 Å². The Kier molecular flexibility index (Phi) is 8.36. The van der Waals surface area contributed by atoms with Gasteiger partial charge in [0.1, 0.15) is 5.75 Å². The third-order valence-corrected chi connectivity index (χ3v) is 7.31. The van der Waals surface area contributed by atoms with Crippen LogP contribution in [0.2, 0.25) is 0 Å². The molecule has 4 aromatic rings. The van der Waals surface area contributed by atoms with E-state index in [0.29, 0.717) is 8.58 Å². The fourth-order valence-corrected chi connectivity index (χ4v) is 5.53. The fraction of sp³-hybridized carbons (Fsp3) is 0.200. The average Bonchev–Trinajstić information content (AvgIpc) is 2.86. The molecular weight excluding hydrogens is 437 g/mol. The Hall–Kier alpha value is -3.13. The van der Waals surface area contributed by atoms with Gasteiger partial charge in [-0.05, 0) is 48.7 Å². The molecule has 174 valence electrons. The van der Waals surface area contributed by atoms with Crippen molar-refractivity contribution in [3.63, 3.8) is 0 Å². The molecule has 1 atom stereocenters. The molecule has 4 rings (SSSR count). The van der Waals surface area contributed by atoms with Gasteiger partial charge in [-0.15, -0.1) is 0 Å². The predicted molar refractivity (Wildman–Crippen MR) is 145 cm³/mol. The van der Waals surface area contributed by atoms with Gasteiger partial charge in [-0.3, -0.25) is 0 Å². The summed E-state index contributed by atoms with van der Waals surface area (Å²) in [5.41, 5.74) is 6.39. The van der Waals surface area contributed by atoms with Gasteiger partial charge in [0, 0.05) is 36.5 Å². The first-order valence-electron chi connectivity index (χ1n) is 11.6. The summed E-state index contributed by atoms with van der Waals surface area (Å²) in [6.07, 6.45) is 0. The molecule has 1 unspecified atom stereocenters. The van der Waals surface area contributed by atoms with Crippen LogP contribution in [0.4, 0.5) is 5.69 Å². The highest BCUT2D eigenvalue weighted by Gasteiger charge is 2.17. The number of aryl methyl sites for hydroxylation is 2. The third kappa shape index (κ3) is 6.26. The molecule has 0 saturated heterocycles. The van der Waals surface area contributed by atoms with E-state index in [1.807, 2.05) is 0 Å². The maximum Gasteiger partial charge on any atom is 0.188 e. The van der Waals surface area contributed by atoms with Crippen molar-refractivity contribution < 1.29 is 9.47 Å². The largest absolute Gasteiger partial charge is 0.467 e. The fourth-order valence-electron chi connectivity index (χ4n) is 4.04. The SMILES string of the molecule is COCOc1ccc(C)cc1Pc1c(C)cccc1N(Cc1ccccc1)Cc1ccccc1. The van der Waals surface area contributed by atoms with Crippen LogP contribution in [0.25, 0.3) is 0 Å². The van der Waals surface area contributed by atoms with E-state index in [2.05, 4.69) is 116 Å². The number of ether oxygens (including phenoxy) is 2. The first-order chi connectivity index (χ1) is 16.6. The lowest BCUT2D eigenvalue weighted by Gasteiger charge is -2.29. The molecule has 0 fully saturated rings. The summed E-state index contributed by atoms with van der Waals surface area (Å²) in [5, 5.41) is 2.55. The number of hydrogen-bond donors (Lipinski definition) is 0. The smallest absolute Gasteiger partial charge is 0.188 e. The zero-order chi connectivity index (χ0) is 23.8. The molecule has 0 N–H and O–H groups in total. The van der Waals surface area contributed by atoms with Crippen LogP contribution in [0.15, 0.2) is 97.1 Å². The van der Waals surface area contributed by atoms with Crippen molar-refractivity contribution in [3.8, 4) is 5.75 Å². The van der Waals surface area contributed by atoms with Gasteiger partial charge < -0.3 is 14.4 Å². The number of nitrogens with zero attached hydrogens (tertiary/aromatic N) is 1. The average molecular weight is 470 g/mol. The molecule has 3 nitrogen and oxygen atoms in total. The van der Waals surface area contributed by atoms with Crippen molar-refractivity contribution in [3.05, 3.63) is 119 Å². The Balaban J connectivity index is 1.73. The Labute approximate surface area is 205 Å². The molecule has 0 aromatic heterocycles. The second-order valence-corrected chi connectivity index (χ2v) is 9.76. The normalized spacial score (nSPS) is 11.1. The number of anilines is 1. The van der Waals surface area contributed by atoms with E-state index in [1.54, 1.807) is 7.11 Å². The standard InChI is InChI=1S/C30H32NO2P/c1-23-17-18-28(33-22-32-3)29(19-23)34-30-24(2)11-10-16-27(30)31(20-25-12-6-4-7-13-25)21-26-14-8-5-9-15-26/h4-19,34H,20-22H2,1-3H3. The Morgan fingerprint density at radius 3 is 2.00 bits per heavy atom. The second kappa shape index (κ2) is 11.8. The number of hydrogen-bond acceptors (Lipinski definition) is 3. The van der Waals surface area contributed by atoms with E-state index in [4.69, 9.17) is 9.47 Å². The van der Waals surface area contributed by atoms with E-state index in [0.717, 1.165) is 18.8 Å². The second-order valence-electron chi connectivity index (χ2n) is 8.47. The van der Waals surface area contributed by atoms with Crippen LogP contribution in [0.1, 0.15) is 22.3 Å². The maximum absolute atomic E-state index is 5.92. The molecule has 34 heavy (non-hydrogen) atoms. The molecule has 4 aromatic carbocycles. The van der Waals surface area contributed by atoms with Gasteiger partial charge in [-0.1, -0.05) is 93.0 Å². The molecule has 0 radical (unpaired) electrons. The van der Waals surface area contributed by atoms with Crippen LogP contribution in [-0.4, -0.2) is 13.9 Å². The van der Waals surface area contributed by atoms with Crippen molar-refractivity contribution >= 4 is 24.9 Å². The molecular formula is C30H32NO2P. The van der Waals surface area contributed by atoms with Crippen molar-refractivity contribution in [2.24, 2.45) is 0 Å².